The highest BCUT2D eigenvalue weighted by atomic mass is 35.5. The number of nitrogens with zero attached hydrogens (tertiary/aromatic N) is 1. The average molecular weight is 280 g/mol. The van der Waals surface area contributed by atoms with Gasteiger partial charge in [-0.25, -0.2) is 4.98 Å². The lowest BCUT2D eigenvalue weighted by Crippen LogP contribution is -2.10. The summed E-state index contributed by atoms with van der Waals surface area (Å²) in [5.41, 5.74) is 0.978. The molecule has 16 heavy (non-hydrogen) atoms. The molecule has 1 atom stereocenters. The van der Waals surface area contributed by atoms with E-state index in [1.54, 1.807) is 0 Å². The van der Waals surface area contributed by atoms with Crippen molar-refractivity contribution in [2.45, 2.75) is 31.2 Å². The van der Waals surface area contributed by atoms with E-state index in [0.29, 0.717) is 6.42 Å². The Morgan fingerprint density at radius 3 is 2.69 bits per heavy atom. The molecule has 1 heterocycles. The smallest absolute Gasteiger partial charge is 0.312 e. The van der Waals surface area contributed by atoms with Crippen molar-refractivity contribution in [2.75, 3.05) is 0 Å². The molecule has 6 heteroatoms. The lowest BCUT2D eigenvalue weighted by molar-refractivity contribution is -0.146. The summed E-state index contributed by atoms with van der Waals surface area (Å²) in [5, 5.41) is 0.804. The number of alkyl halides is 2. The molecule has 1 aliphatic rings. The largest absolute Gasteiger partial charge is 0.458 e. The van der Waals surface area contributed by atoms with Crippen molar-refractivity contribution in [3.63, 3.8) is 0 Å². The third kappa shape index (κ3) is 2.50. The second kappa shape index (κ2) is 4.17. The maximum absolute atomic E-state index is 11.5. The third-order valence-electron chi connectivity index (χ3n) is 2.52. The van der Waals surface area contributed by atoms with Crippen LogP contribution in [-0.2, 0) is 16.1 Å². The first-order valence-corrected chi connectivity index (χ1v) is 6.45. The summed E-state index contributed by atoms with van der Waals surface area (Å²) < 4.78 is 4.19. The summed E-state index contributed by atoms with van der Waals surface area (Å²) in [4.78, 5) is 16.9. The van der Waals surface area contributed by atoms with Crippen LogP contribution in [0.25, 0.3) is 0 Å². The Kier molecular flexibility index (Phi) is 3.16. The van der Waals surface area contributed by atoms with Gasteiger partial charge in [0.15, 0.2) is 0 Å². The molecule has 1 aromatic rings. The molecule has 1 aromatic heterocycles. The van der Waals surface area contributed by atoms with Crippen molar-refractivity contribution in [1.29, 1.82) is 0 Å². The minimum atomic E-state index is -0.911. The molecule has 3 nitrogen and oxygen atoms in total. The number of aromatic nitrogens is 1. The van der Waals surface area contributed by atoms with Gasteiger partial charge < -0.3 is 4.74 Å². The second-order valence-corrected chi connectivity index (χ2v) is 6.70. The topological polar surface area (TPSA) is 39.2 Å². The zero-order valence-electron chi connectivity index (χ0n) is 8.92. The minimum absolute atomic E-state index is 0.207. The number of esters is 1. The first-order chi connectivity index (χ1) is 7.40. The maximum Gasteiger partial charge on any atom is 0.312 e. The van der Waals surface area contributed by atoms with Gasteiger partial charge >= 0.3 is 5.97 Å². The number of hydrogen-bond acceptors (Lipinski definition) is 4. The number of hydrogen-bond donors (Lipinski definition) is 0. The molecule has 1 aliphatic carbocycles. The standard InChI is InChI=1S/C10H11Cl2NO2S/c1-5-6(2)16-8(13-5)4-15-9(14)7-3-10(7,11)12/h7H,3-4H2,1-2H3/t7-/m0/s1. The molecule has 0 bridgehead atoms. The number of rotatable bonds is 3. The van der Waals surface area contributed by atoms with E-state index in [4.69, 9.17) is 27.9 Å². The lowest BCUT2D eigenvalue weighted by Gasteiger charge is -2.01. The molecule has 1 saturated carbocycles. The van der Waals surface area contributed by atoms with Crippen LogP contribution in [0.4, 0.5) is 0 Å². The van der Waals surface area contributed by atoms with Crippen LogP contribution in [0.3, 0.4) is 0 Å². The molecular weight excluding hydrogens is 269 g/mol. The fraction of sp³-hybridized carbons (Fsp3) is 0.600. The highest BCUT2D eigenvalue weighted by molar-refractivity contribution is 7.11. The normalized spacial score (nSPS) is 21.9. The third-order valence-corrected chi connectivity index (χ3v) is 4.40. The Morgan fingerprint density at radius 1 is 1.62 bits per heavy atom. The number of carbonyl (C=O) groups is 1. The first-order valence-electron chi connectivity index (χ1n) is 4.87. The van der Waals surface area contributed by atoms with Gasteiger partial charge in [-0.05, 0) is 20.3 Å². The van der Waals surface area contributed by atoms with Crippen LogP contribution < -0.4 is 0 Å². The molecule has 0 aliphatic heterocycles. The molecule has 0 unspecified atom stereocenters. The molecule has 0 spiro atoms. The van der Waals surface area contributed by atoms with E-state index in [1.807, 2.05) is 13.8 Å². The van der Waals surface area contributed by atoms with Crippen LogP contribution in [0.1, 0.15) is 22.0 Å². The van der Waals surface area contributed by atoms with Crippen LogP contribution in [0.2, 0.25) is 0 Å². The lowest BCUT2D eigenvalue weighted by atomic mass is 10.4. The second-order valence-electron chi connectivity index (χ2n) is 3.87. The SMILES string of the molecule is Cc1nc(COC(=O)[C@@H]2CC2(Cl)Cl)sc1C. The number of aryl methyl sites for hydroxylation is 2. The summed E-state index contributed by atoms with van der Waals surface area (Å²) in [6.07, 6.45) is 0.477. The Morgan fingerprint density at radius 2 is 2.25 bits per heavy atom. The van der Waals surface area contributed by atoms with E-state index in [1.165, 1.54) is 11.3 Å². The van der Waals surface area contributed by atoms with Gasteiger partial charge in [-0.3, -0.25) is 4.79 Å². The van der Waals surface area contributed by atoms with Crippen LogP contribution in [0.5, 0.6) is 0 Å². The van der Waals surface area contributed by atoms with Crippen LogP contribution >= 0.6 is 34.5 Å². The Hall–Kier alpha value is -0.320. The van der Waals surface area contributed by atoms with E-state index in [-0.39, 0.29) is 18.5 Å². The summed E-state index contributed by atoms with van der Waals surface area (Å²) in [6.45, 7) is 4.13. The zero-order chi connectivity index (χ0) is 11.9. The Balaban J connectivity index is 1.86. The van der Waals surface area contributed by atoms with E-state index < -0.39 is 4.33 Å². The van der Waals surface area contributed by atoms with Gasteiger partial charge in [0.25, 0.3) is 0 Å². The molecule has 0 N–H and O–H groups in total. The molecule has 0 saturated heterocycles. The molecule has 1 fully saturated rings. The summed E-state index contributed by atoms with van der Waals surface area (Å²) in [7, 11) is 0. The fourth-order valence-corrected chi connectivity index (χ4v) is 2.64. The van der Waals surface area contributed by atoms with Crippen LogP contribution in [0.15, 0.2) is 0 Å². The van der Waals surface area contributed by atoms with E-state index in [9.17, 15) is 4.79 Å². The predicted octanol–water partition coefficient (Wildman–Crippen LogP) is 3.00. The Bertz CT molecular complexity index is 411. The predicted molar refractivity (Wildman–Crippen MR) is 63.9 cm³/mol. The average Bonchev–Trinajstić information content (AvgIpc) is 2.71. The maximum atomic E-state index is 11.5. The Labute approximate surface area is 108 Å². The molecule has 88 valence electrons. The monoisotopic (exact) mass is 279 g/mol. The molecular formula is C10H11Cl2NO2S. The van der Waals surface area contributed by atoms with Crippen LogP contribution in [0, 0.1) is 19.8 Å². The van der Waals surface area contributed by atoms with Gasteiger partial charge in [-0.15, -0.1) is 34.5 Å². The number of halogens is 2. The molecule has 0 amide bonds. The molecule has 0 radical (unpaired) electrons. The van der Waals surface area contributed by atoms with Gasteiger partial charge in [0, 0.05) is 4.88 Å². The number of carbonyl (C=O) groups excluding carboxylic acids is 1. The summed E-state index contributed by atoms with van der Waals surface area (Å²) in [5.74, 6) is -0.714. The summed E-state index contributed by atoms with van der Waals surface area (Å²) >= 11 is 13.1. The summed E-state index contributed by atoms with van der Waals surface area (Å²) in [6, 6.07) is 0. The number of thiazole rings is 1. The first kappa shape index (κ1) is 12.1. The van der Waals surface area contributed by atoms with Gasteiger partial charge in [-0.2, -0.15) is 0 Å². The van der Waals surface area contributed by atoms with Crippen molar-refractivity contribution in [2.24, 2.45) is 5.92 Å². The van der Waals surface area contributed by atoms with Crippen LogP contribution in [-0.4, -0.2) is 15.3 Å². The van der Waals surface area contributed by atoms with E-state index in [0.717, 1.165) is 15.6 Å². The fourth-order valence-electron chi connectivity index (χ4n) is 1.30. The van der Waals surface area contributed by atoms with Gasteiger partial charge in [0.1, 0.15) is 15.9 Å². The zero-order valence-corrected chi connectivity index (χ0v) is 11.2. The van der Waals surface area contributed by atoms with Crippen molar-refractivity contribution in [3.8, 4) is 0 Å². The highest BCUT2D eigenvalue weighted by Gasteiger charge is 2.57. The van der Waals surface area contributed by atoms with Crippen molar-refractivity contribution < 1.29 is 9.53 Å². The van der Waals surface area contributed by atoms with Crippen molar-refractivity contribution in [3.05, 3.63) is 15.6 Å². The molecule has 2 rings (SSSR count). The van der Waals surface area contributed by atoms with Crippen molar-refractivity contribution >= 4 is 40.5 Å². The van der Waals surface area contributed by atoms with Crippen molar-refractivity contribution in [1.82, 2.24) is 4.98 Å². The minimum Gasteiger partial charge on any atom is -0.458 e. The van der Waals surface area contributed by atoms with E-state index >= 15 is 0 Å². The van der Waals surface area contributed by atoms with Gasteiger partial charge in [0.2, 0.25) is 0 Å². The molecule has 0 aromatic carbocycles. The van der Waals surface area contributed by atoms with Gasteiger partial charge in [-0.1, -0.05) is 0 Å². The highest BCUT2D eigenvalue weighted by Crippen LogP contribution is 2.53. The van der Waals surface area contributed by atoms with Gasteiger partial charge in [0.05, 0.1) is 11.6 Å². The van der Waals surface area contributed by atoms with E-state index in [2.05, 4.69) is 4.98 Å². The quantitative estimate of drug-likeness (QED) is 0.631. The number of ether oxygens (including phenoxy) is 1.